The van der Waals surface area contributed by atoms with Crippen molar-refractivity contribution in [3.05, 3.63) is 0 Å². The van der Waals surface area contributed by atoms with Crippen LogP contribution in [0, 0.1) is 5.41 Å². The maximum Gasteiger partial charge on any atom is 0.216 e. The van der Waals surface area contributed by atoms with E-state index in [2.05, 4.69) is 0 Å². The van der Waals surface area contributed by atoms with Gasteiger partial charge in [0.15, 0.2) is 0 Å². The maximum absolute atomic E-state index is 11.9. The number of ether oxygens (including phenoxy) is 1. The molecule has 0 aromatic heterocycles. The molecule has 1 atom stereocenters. The Balaban J connectivity index is 4.34. The third kappa shape index (κ3) is 6.60. The van der Waals surface area contributed by atoms with Crippen molar-refractivity contribution in [3.63, 3.8) is 0 Å². The number of nitrogens with zero attached hydrogens (tertiary/aromatic N) is 1. The molecule has 17 heavy (non-hydrogen) atoms. The second kappa shape index (κ2) is 6.93. The quantitative estimate of drug-likeness (QED) is 0.490. The number of rotatable bonds is 8. The first kappa shape index (κ1) is 16.3. The summed E-state index contributed by atoms with van der Waals surface area (Å²) in [6.45, 7) is 5.61. The van der Waals surface area contributed by atoms with Gasteiger partial charge in [-0.25, -0.2) is 12.7 Å². The topological polar surface area (TPSA) is 96.5 Å². The molecule has 3 N–H and O–H groups in total. The van der Waals surface area contributed by atoms with E-state index >= 15 is 0 Å². The van der Waals surface area contributed by atoms with Crippen LogP contribution in [0.5, 0.6) is 0 Å². The van der Waals surface area contributed by atoms with E-state index in [4.69, 9.17) is 15.9 Å². The Morgan fingerprint density at radius 1 is 1.41 bits per heavy atom. The third-order valence-electron chi connectivity index (χ3n) is 2.37. The summed E-state index contributed by atoms with van der Waals surface area (Å²) in [4.78, 5) is 0. The summed E-state index contributed by atoms with van der Waals surface area (Å²) in [5, 5.41) is 7.15. The van der Waals surface area contributed by atoms with E-state index in [9.17, 15) is 8.42 Å². The molecule has 102 valence electrons. The number of hydrogen-bond donors (Lipinski definition) is 2. The molecule has 0 aliphatic heterocycles. The molecule has 0 aromatic rings. The SMILES string of the molecule is CC(C)OCCS(=O)(=O)N(C)C(C)CC(=N)N. The fourth-order valence-corrected chi connectivity index (χ4v) is 2.47. The minimum Gasteiger partial charge on any atom is -0.388 e. The van der Waals surface area contributed by atoms with Gasteiger partial charge in [0.25, 0.3) is 0 Å². The summed E-state index contributed by atoms with van der Waals surface area (Å²) in [5.41, 5.74) is 5.25. The second-order valence-corrected chi connectivity index (χ2v) is 6.48. The van der Waals surface area contributed by atoms with E-state index in [1.165, 1.54) is 11.4 Å². The minimum atomic E-state index is -3.34. The zero-order valence-corrected chi connectivity index (χ0v) is 11.8. The summed E-state index contributed by atoms with van der Waals surface area (Å²) in [7, 11) is -1.85. The Morgan fingerprint density at radius 2 is 1.94 bits per heavy atom. The molecule has 0 aliphatic carbocycles. The predicted octanol–water partition coefficient (Wildman–Crippen LogP) is 0.388. The Hall–Kier alpha value is -0.660. The van der Waals surface area contributed by atoms with Gasteiger partial charge in [0.2, 0.25) is 10.0 Å². The van der Waals surface area contributed by atoms with Crippen LogP contribution in [-0.4, -0.2) is 50.1 Å². The van der Waals surface area contributed by atoms with Gasteiger partial charge < -0.3 is 10.5 Å². The van der Waals surface area contributed by atoms with Gasteiger partial charge in [-0.2, -0.15) is 0 Å². The van der Waals surface area contributed by atoms with Gasteiger partial charge in [-0.05, 0) is 20.8 Å². The molecule has 0 heterocycles. The summed E-state index contributed by atoms with van der Waals surface area (Å²) in [6, 6.07) is -0.309. The fraction of sp³-hybridized carbons (Fsp3) is 0.900. The van der Waals surface area contributed by atoms with E-state index in [1.54, 1.807) is 6.92 Å². The van der Waals surface area contributed by atoms with Crippen molar-refractivity contribution in [2.75, 3.05) is 19.4 Å². The van der Waals surface area contributed by atoms with Crippen molar-refractivity contribution in [2.24, 2.45) is 5.73 Å². The lowest BCUT2D eigenvalue weighted by atomic mass is 10.2. The first-order chi connectivity index (χ1) is 7.66. The highest BCUT2D eigenvalue weighted by atomic mass is 32.2. The van der Waals surface area contributed by atoms with Crippen LogP contribution in [0.2, 0.25) is 0 Å². The van der Waals surface area contributed by atoms with Gasteiger partial charge in [-0.15, -0.1) is 0 Å². The molecule has 0 fully saturated rings. The molecular weight excluding hydrogens is 242 g/mol. The number of nitrogens with one attached hydrogen (secondary N) is 1. The Labute approximate surface area is 104 Å². The second-order valence-electron chi connectivity index (χ2n) is 4.33. The Kier molecular flexibility index (Phi) is 6.66. The molecule has 6 nitrogen and oxygen atoms in total. The van der Waals surface area contributed by atoms with Gasteiger partial charge in [0, 0.05) is 19.5 Å². The average molecular weight is 265 g/mol. The molecule has 7 heteroatoms. The highest BCUT2D eigenvalue weighted by molar-refractivity contribution is 7.89. The van der Waals surface area contributed by atoms with E-state index in [0.29, 0.717) is 0 Å². The first-order valence-electron chi connectivity index (χ1n) is 5.57. The highest BCUT2D eigenvalue weighted by Crippen LogP contribution is 2.08. The van der Waals surface area contributed by atoms with Crippen LogP contribution in [0.1, 0.15) is 27.2 Å². The van der Waals surface area contributed by atoms with Crippen LogP contribution in [0.3, 0.4) is 0 Å². The van der Waals surface area contributed by atoms with Crippen molar-refractivity contribution in [1.82, 2.24) is 4.31 Å². The average Bonchev–Trinajstić information content (AvgIpc) is 2.14. The van der Waals surface area contributed by atoms with Gasteiger partial charge in [-0.3, -0.25) is 5.41 Å². The van der Waals surface area contributed by atoms with Crippen molar-refractivity contribution in [2.45, 2.75) is 39.3 Å². The number of nitrogens with two attached hydrogens (primary N) is 1. The molecular formula is C10H23N3O3S. The molecule has 0 spiro atoms. The summed E-state index contributed by atoms with van der Waals surface area (Å²) in [5.74, 6) is -0.0674. The lowest BCUT2D eigenvalue weighted by Crippen LogP contribution is -2.39. The van der Waals surface area contributed by atoms with Crippen molar-refractivity contribution in [1.29, 1.82) is 5.41 Å². The monoisotopic (exact) mass is 265 g/mol. The molecule has 0 aromatic carbocycles. The van der Waals surface area contributed by atoms with Crippen LogP contribution in [0.15, 0.2) is 0 Å². The zero-order chi connectivity index (χ0) is 13.6. The Bertz CT molecular complexity index is 341. The number of amidine groups is 1. The summed E-state index contributed by atoms with van der Waals surface area (Å²) >= 11 is 0. The standard InChI is InChI=1S/C10H23N3O3S/c1-8(2)16-5-6-17(14,15)13(4)9(3)7-10(11)12/h8-9H,5-7H2,1-4H3,(H3,11,12). The molecule has 1 unspecified atom stereocenters. The zero-order valence-electron chi connectivity index (χ0n) is 10.9. The normalized spacial score (nSPS) is 14.2. The van der Waals surface area contributed by atoms with Crippen LogP contribution < -0.4 is 5.73 Å². The maximum atomic E-state index is 11.9. The van der Waals surface area contributed by atoms with E-state index in [-0.39, 0.29) is 36.8 Å². The third-order valence-corrected chi connectivity index (χ3v) is 4.29. The predicted molar refractivity (Wildman–Crippen MR) is 68.6 cm³/mol. The smallest absolute Gasteiger partial charge is 0.216 e. The van der Waals surface area contributed by atoms with E-state index < -0.39 is 10.0 Å². The van der Waals surface area contributed by atoms with Gasteiger partial charge in [-0.1, -0.05) is 0 Å². The highest BCUT2D eigenvalue weighted by Gasteiger charge is 2.23. The van der Waals surface area contributed by atoms with Crippen LogP contribution in [-0.2, 0) is 14.8 Å². The first-order valence-corrected chi connectivity index (χ1v) is 7.18. The van der Waals surface area contributed by atoms with Gasteiger partial charge in [0.1, 0.15) is 0 Å². The lowest BCUT2D eigenvalue weighted by Gasteiger charge is -2.24. The molecule has 0 radical (unpaired) electrons. The molecule has 0 saturated heterocycles. The number of hydrogen-bond acceptors (Lipinski definition) is 4. The van der Waals surface area contributed by atoms with Crippen molar-refractivity contribution in [3.8, 4) is 0 Å². The summed E-state index contributed by atoms with van der Waals surface area (Å²) in [6.07, 6.45) is 0.256. The molecule has 0 rings (SSSR count). The number of sulfonamides is 1. The van der Waals surface area contributed by atoms with Crippen molar-refractivity contribution >= 4 is 15.9 Å². The molecule has 0 amide bonds. The summed E-state index contributed by atoms with van der Waals surface area (Å²) < 4.78 is 30.2. The van der Waals surface area contributed by atoms with Crippen LogP contribution >= 0.6 is 0 Å². The molecule has 0 aliphatic rings. The Morgan fingerprint density at radius 3 is 2.35 bits per heavy atom. The largest absolute Gasteiger partial charge is 0.388 e. The lowest BCUT2D eigenvalue weighted by molar-refractivity contribution is 0.0906. The van der Waals surface area contributed by atoms with Gasteiger partial charge >= 0.3 is 0 Å². The molecule has 0 saturated carbocycles. The van der Waals surface area contributed by atoms with E-state index in [1.807, 2.05) is 13.8 Å². The van der Waals surface area contributed by atoms with Crippen LogP contribution in [0.4, 0.5) is 0 Å². The van der Waals surface area contributed by atoms with Crippen LogP contribution in [0.25, 0.3) is 0 Å². The van der Waals surface area contributed by atoms with Gasteiger partial charge in [0.05, 0.1) is 24.3 Å². The fourth-order valence-electron chi connectivity index (χ4n) is 1.25. The minimum absolute atomic E-state index is 0.0158. The molecule has 0 bridgehead atoms. The van der Waals surface area contributed by atoms with E-state index in [0.717, 1.165) is 0 Å². The van der Waals surface area contributed by atoms with Crippen molar-refractivity contribution < 1.29 is 13.2 Å².